The van der Waals surface area contributed by atoms with E-state index in [0.717, 1.165) is 48.9 Å². The Morgan fingerprint density at radius 3 is 2.66 bits per heavy atom. The van der Waals surface area contributed by atoms with Crippen LogP contribution < -0.4 is 15.4 Å². The van der Waals surface area contributed by atoms with E-state index in [4.69, 9.17) is 9.72 Å². The number of nitrogens with one attached hydrogen (secondary N) is 2. The van der Waals surface area contributed by atoms with Crippen molar-refractivity contribution in [3.05, 3.63) is 53.7 Å². The third-order valence-corrected chi connectivity index (χ3v) is 5.61. The Hall–Kier alpha value is -3.19. The van der Waals surface area contributed by atoms with Crippen molar-refractivity contribution in [2.75, 3.05) is 38.6 Å². The van der Waals surface area contributed by atoms with Gasteiger partial charge in [0.15, 0.2) is 0 Å². The number of nitrogens with zero attached hydrogens (tertiary/aromatic N) is 3. The molecule has 0 aliphatic heterocycles. The summed E-state index contributed by atoms with van der Waals surface area (Å²) in [5.41, 5.74) is 3.30. The van der Waals surface area contributed by atoms with E-state index in [9.17, 15) is 4.79 Å². The summed E-state index contributed by atoms with van der Waals surface area (Å²) < 4.78 is 5.48. The number of hydrogen-bond donors (Lipinski definition) is 2. The van der Waals surface area contributed by atoms with Crippen LogP contribution in [0.2, 0.25) is 0 Å². The number of rotatable bonds is 11. The molecule has 1 heterocycles. The number of aromatic nitrogens is 2. The van der Waals surface area contributed by atoms with Gasteiger partial charge in [0.1, 0.15) is 5.75 Å². The van der Waals surface area contributed by atoms with Crippen molar-refractivity contribution >= 4 is 28.4 Å². The molecule has 0 aliphatic rings. The van der Waals surface area contributed by atoms with E-state index in [1.807, 2.05) is 18.3 Å². The third kappa shape index (κ3) is 5.73. The number of methoxy groups -OCH3 is 1. The van der Waals surface area contributed by atoms with Crippen LogP contribution in [-0.4, -0.2) is 54.1 Å². The van der Waals surface area contributed by atoms with Crippen LogP contribution in [-0.2, 0) is 6.42 Å². The number of aryl methyl sites for hydroxylation is 1. The van der Waals surface area contributed by atoms with Crippen LogP contribution in [0.1, 0.15) is 43.1 Å². The lowest BCUT2D eigenvalue weighted by molar-refractivity contribution is 0.0952. The van der Waals surface area contributed by atoms with E-state index in [-0.39, 0.29) is 5.91 Å². The minimum Gasteiger partial charge on any atom is -0.495 e. The Labute approximate surface area is 190 Å². The highest BCUT2D eigenvalue weighted by molar-refractivity contribution is 5.95. The van der Waals surface area contributed by atoms with Crippen molar-refractivity contribution in [3.63, 3.8) is 0 Å². The molecule has 3 aromatic rings. The van der Waals surface area contributed by atoms with E-state index in [1.54, 1.807) is 25.3 Å². The van der Waals surface area contributed by atoms with Gasteiger partial charge in [-0.15, -0.1) is 0 Å². The molecule has 0 aliphatic carbocycles. The molecular weight excluding hydrogens is 402 g/mol. The molecule has 0 bridgehead atoms. The topological polar surface area (TPSA) is 79.4 Å². The fourth-order valence-corrected chi connectivity index (χ4v) is 3.68. The van der Waals surface area contributed by atoms with E-state index in [1.165, 1.54) is 0 Å². The summed E-state index contributed by atoms with van der Waals surface area (Å²) in [6, 6.07) is 11.4. The Bertz CT molecular complexity index is 1050. The third-order valence-electron chi connectivity index (χ3n) is 5.61. The molecule has 7 heteroatoms. The first-order valence-corrected chi connectivity index (χ1v) is 11.3. The monoisotopic (exact) mass is 435 g/mol. The average molecular weight is 436 g/mol. The van der Waals surface area contributed by atoms with E-state index >= 15 is 0 Å². The molecule has 1 amide bonds. The normalized spacial score (nSPS) is 11.0. The number of amides is 1. The highest BCUT2D eigenvalue weighted by Crippen LogP contribution is 2.28. The summed E-state index contributed by atoms with van der Waals surface area (Å²) in [6.45, 7) is 10.1. The molecule has 0 saturated carbocycles. The van der Waals surface area contributed by atoms with Gasteiger partial charge in [0.2, 0.25) is 5.95 Å². The summed E-state index contributed by atoms with van der Waals surface area (Å²) in [4.78, 5) is 24.1. The number of benzene rings is 2. The maximum absolute atomic E-state index is 12.7. The van der Waals surface area contributed by atoms with Gasteiger partial charge in [-0.05, 0) is 56.2 Å². The fourth-order valence-electron chi connectivity index (χ4n) is 3.68. The quantitative estimate of drug-likeness (QED) is 0.435. The van der Waals surface area contributed by atoms with Crippen LogP contribution in [0.25, 0.3) is 10.9 Å². The molecule has 0 spiro atoms. The predicted molar refractivity (Wildman–Crippen MR) is 130 cm³/mol. The zero-order valence-corrected chi connectivity index (χ0v) is 19.4. The molecule has 32 heavy (non-hydrogen) atoms. The van der Waals surface area contributed by atoms with Gasteiger partial charge in [0, 0.05) is 23.7 Å². The molecule has 0 fully saturated rings. The van der Waals surface area contributed by atoms with Gasteiger partial charge in [-0.3, -0.25) is 4.79 Å². The summed E-state index contributed by atoms with van der Waals surface area (Å²) >= 11 is 0. The van der Waals surface area contributed by atoms with Crippen LogP contribution >= 0.6 is 0 Å². The highest BCUT2D eigenvalue weighted by atomic mass is 16.5. The lowest BCUT2D eigenvalue weighted by Gasteiger charge is -2.17. The van der Waals surface area contributed by atoms with Crippen molar-refractivity contribution in [3.8, 4) is 5.75 Å². The van der Waals surface area contributed by atoms with Crippen LogP contribution in [0.4, 0.5) is 11.6 Å². The Morgan fingerprint density at radius 1 is 1.12 bits per heavy atom. The van der Waals surface area contributed by atoms with Gasteiger partial charge in [-0.25, -0.2) is 9.97 Å². The SMILES string of the molecule is CCc1cccc2cnc(Nc3cc(C(=O)NCCCN(CC)CC)ccc3OC)nc12. The number of anilines is 2. The Balaban J connectivity index is 1.74. The van der Waals surface area contributed by atoms with Gasteiger partial charge in [-0.2, -0.15) is 0 Å². The maximum atomic E-state index is 12.7. The molecule has 0 atom stereocenters. The molecule has 7 nitrogen and oxygen atoms in total. The second-order valence-electron chi connectivity index (χ2n) is 7.58. The first-order valence-electron chi connectivity index (χ1n) is 11.3. The van der Waals surface area contributed by atoms with Crippen LogP contribution in [0, 0.1) is 0 Å². The minimum atomic E-state index is -0.108. The van der Waals surface area contributed by atoms with Crippen LogP contribution in [0.15, 0.2) is 42.6 Å². The summed E-state index contributed by atoms with van der Waals surface area (Å²) in [7, 11) is 1.60. The molecule has 3 rings (SSSR count). The highest BCUT2D eigenvalue weighted by Gasteiger charge is 2.12. The Kier molecular flexibility index (Phi) is 8.39. The molecule has 170 valence electrons. The van der Waals surface area contributed by atoms with Gasteiger partial charge in [-0.1, -0.05) is 39.0 Å². The van der Waals surface area contributed by atoms with Crippen molar-refractivity contribution in [1.82, 2.24) is 20.2 Å². The lowest BCUT2D eigenvalue weighted by Crippen LogP contribution is -2.29. The van der Waals surface area contributed by atoms with Crippen molar-refractivity contribution in [1.29, 1.82) is 0 Å². The second-order valence-corrected chi connectivity index (χ2v) is 7.58. The largest absolute Gasteiger partial charge is 0.495 e. The predicted octanol–water partition coefficient (Wildman–Crippen LogP) is 4.41. The summed E-state index contributed by atoms with van der Waals surface area (Å²) in [5, 5.41) is 7.23. The first-order chi connectivity index (χ1) is 15.6. The van der Waals surface area contributed by atoms with Gasteiger partial charge < -0.3 is 20.3 Å². The van der Waals surface area contributed by atoms with Crippen LogP contribution in [0.5, 0.6) is 5.75 Å². The molecule has 0 unspecified atom stereocenters. The average Bonchev–Trinajstić information content (AvgIpc) is 2.83. The van der Waals surface area contributed by atoms with Crippen LogP contribution in [0.3, 0.4) is 0 Å². The van der Waals surface area contributed by atoms with Crippen molar-refractivity contribution < 1.29 is 9.53 Å². The Morgan fingerprint density at radius 2 is 1.94 bits per heavy atom. The molecular formula is C25H33N5O2. The summed E-state index contributed by atoms with van der Waals surface area (Å²) in [5.74, 6) is 0.979. The molecule has 2 N–H and O–H groups in total. The fraction of sp³-hybridized carbons (Fsp3) is 0.400. The number of fused-ring (bicyclic) bond motifs is 1. The summed E-state index contributed by atoms with van der Waals surface area (Å²) in [6.07, 6.45) is 3.61. The molecule has 0 saturated heterocycles. The molecule has 2 aromatic carbocycles. The van der Waals surface area contributed by atoms with Gasteiger partial charge in [0.25, 0.3) is 5.91 Å². The standard InChI is InChI=1S/C25H33N5O2/c1-5-18-10-8-11-20-17-27-25(29-23(18)20)28-21-16-19(12-13-22(21)32-4)24(31)26-14-9-15-30(6-2)7-3/h8,10-13,16-17H,5-7,9,14-15H2,1-4H3,(H,26,31)(H,27,28,29). The molecule has 1 aromatic heterocycles. The lowest BCUT2D eigenvalue weighted by atomic mass is 10.1. The second kappa shape index (κ2) is 11.4. The van der Waals surface area contributed by atoms with Gasteiger partial charge >= 0.3 is 0 Å². The zero-order valence-electron chi connectivity index (χ0n) is 19.4. The van der Waals surface area contributed by atoms with Gasteiger partial charge in [0.05, 0.1) is 18.3 Å². The van der Waals surface area contributed by atoms with E-state index in [0.29, 0.717) is 29.5 Å². The zero-order chi connectivity index (χ0) is 22.9. The first kappa shape index (κ1) is 23.5. The number of carbonyl (C=O) groups excluding carboxylic acids is 1. The molecule has 0 radical (unpaired) electrons. The minimum absolute atomic E-state index is 0.108. The van der Waals surface area contributed by atoms with Crippen molar-refractivity contribution in [2.45, 2.75) is 33.6 Å². The number of hydrogen-bond acceptors (Lipinski definition) is 6. The number of ether oxygens (including phenoxy) is 1. The number of para-hydroxylation sites is 1. The van der Waals surface area contributed by atoms with E-state index in [2.05, 4.69) is 47.4 Å². The smallest absolute Gasteiger partial charge is 0.251 e. The number of carbonyl (C=O) groups is 1. The van der Waals surface area contributed by atoms with E-state index < -0.39 is 0 Å². The maximum Gasteiger partial charge on any atom is 0.251 e. The van der Waals surface area contributed by atoms with Crippen molar-refractivity contribution in [2.24, 2.45) is 0 Å².